The van der Waals surface area contributed by atoms with Crippen LogP contribution in [-0.4, -0.2) is 16.6 Å². The molecule has 1 aromatic heterocycles. The third kappa shape index (κ3) is 4.29. The molecule has 6 heteroatoms. The summed E-state index contributed by atoms with van der Waals surface area (Å²) in [7, 11) is 0. The molecule has 0 radical (unpaired) electrons. The normalized spacial score (nSPS) is 10.5. The third-order valence-corrected chi connectivity index (χ3v) is 4.59. The number of carbonyl (C=O) groups excluding carboxylic acids is 1. The minimum absolute atomic E-state index is 0.224. The molecule has 1 rings (SSSR count). The van der Waals surface area contributed by atoms with Gasteiger partial charge < -0.3 is 0 Å². The summed E-state index contributed by atoms with van der Waals surface area (Å²) in [5, 5.41) is 1.02. The summed E-state index contributed by atoms with van der Waals surface area (Å²) in [5.74, 6) is 6.96. The number of aryl methyl sites for hydroxylation is 1. The maximum absolute atomic E-state index is 11.6. The standard InChI is InChI=1S/C11H19N3OS2/c1-3-5-8-10(11(15)14-12)17-9(13-8)7-16-6-4-2/h3-7,12H2,1-2H3,(H,14,15). The molecule has 0 fully saturated rings. The minimum Gasteiger partial charge on any atom is -0.289 e. The van der Waals surface area contributed by atoms with Crippen LogP contribution in [0.5, 0.6) is 0 Å². The SMILES string of the molecule is CCCSCc1nc(CCC)c(C(=O)NN)s1. The molecule has 0 bridgehead atoms. The molecule has 1 amide bonds. The van der Waals surface area contributed by atoms with Crippen molar-refractivity contribution in [1.29, 1.82) is 0 Å². The molecule has 0 saturated heterocycles. The van der Waals surface area contributed by atoms with E-state index >= 15 is 0 Å². The molecule has 0 aliphatic heterocycles. The number of carbonyl (C=O) groups is 1. The van der Waals surface area contributed by atoms with Crippen LogP contribution in [0.15, 0.2) is 0 Å². The van der Waals surface area contributed by atoms with Crippen LogP contribution < -0.4 is 11.3 Å². The first-order valence-corrected chi connectivity index (χ1v) is 7.77. The molecule has 17 heavy (non-hydrogen) atoms. The smallest absolute Gasteiger partial charge is 0.277 e. The number of nitrogens with zero attached hydrogens (tertiary/aromatic N) is 1. The Morgan fingerprint density at radius 1 is 1.47 bits per heavy atom. The summed E-state index contributed by atoms with van der Waals surface area (Å²) in [4.78, 5) is 16.8. The number of hydrazine groups is 1. The number of thiazole rings is 1. The predicted octanol–water partition coefficient (Wildman–Crippen LogP) is 2.34. The van der Waals surface area contributed by atoms with Crippen LogP contribution in [0.3, 0.4) is 0 Å². The molecule has 0 atom stereocenters. The van der Waals surface area contributed by atoms with Gasteiger partial charge in [0, 0.05) is 5.75 Å². The average Bonchev–Trinajstić information content (AvgIpc) is 2.72. The van der Waals surface area contributed by atoms with Gasteiger partial charge in [-0.25, -0.2) is 10.8 Å². The lowest BCUT2D eigenvalue weighted by Gasteiger charge is -1.97. The second-order valence-electron chi connectivity index (χ2n) is 3.66. The molecule has 0 aliphatic carbocycles. The third-order valence-electron chi connectivity index (χ3n) is 2.14. The van der Waals surface area contributed by atoms with Crippen molar-refractivity contribution in [3.8, 4) is 0 Å². The van der Waals surface area contributed by atoms with Gasteiger partial charge in [-0.2, -0.15) is 11.8 Å². The Bertz CT molecular complexity index is 366. The van der Waals surface area contributed by atoms with Crippen molar-refractivity contribution in [3.63, 3.8) is 0 Å². The molecule has 0 aromatic carbocycles. The second kappa shape index (κ2) is 7.68. The van der Waals surface area contributed by atoms with Gasteiger partial charge in [-0.1, -0.05) is 20.3 Å². The minimum atomic E-state index is -0.224. The fourth-order valence-electron chi connectivity index (χ4n) is 1.42. The first-order chi connectivity index (χ1) is 8.22. The van der Waals surface area contributed by atoms with Crippen molar-refractivity contribution in [2.24, 2.45) is 5.84 Å². The maximum Gasteiger partial charge on any atom is 0.277 e. The lowest BCUT2D eigenvalue weighted by molar-refractivity contribution is 0.0956. The Hall–Kier alpha value is -0.590. The highest BCUT2D eigenvalue weighted by Gasteiger charge is 2.16. The zero-order chi connectivity index (χ0) is 12.7. The number of nitrogens with two attached hydrogens (primary N) is 1. The van der Waals surface area contributed by atoms with Crippen LogP contribution in [0.25, 0.3) is 0 Å². The lowest BCUT2D eigenvalue weighted by Crippen LogP contribution is -2.30. The molecule has 96 valence electrons. The summed E-state index contributed by atoms with van der Waals surface area (Å²) < 4.78 is 0. The van der Waals surface area contributed by atoms with E-state index in [1.54, 1.807) is 0 Å². The zero-order valence-corrected chi connectivity index (χ0v) is 11.9. The molecule has 0 spiro atoms. The number of nitrogen functional groups attached to an aromatic ring is 1. The Kier molecular flexibility index (Phi) is 6.54. The summed E-state index contributed by atoms with van der Waals surface area (Å²) >= 11 is 3.31. The molecular formula is C11H19N3OS2. The van der Waals surface area contributed by atoms with Crippen LogP contribution in [0, 0.1) is 0 Å². The number of thioether (sulfide) groups is 1. The van der Waals surface area contributed by atoms with E-state index in [1.165, 1.54) is 11.3 Å². The number of hydrogen-bond acceptors (Lipinski definition) is 5. The van der Waals surface area contributed by atoms with Gasteiger partial charge in [-0.05, 0) is 18.6 Å². The number of amides is 1. The van der Waals surface area contributed by atoms with Gasteiger partial charge in [0.05, 0.1) is 5.69 Å². The molecular weight excluding hydrogens is 254 g/mol. The van der Waals surface area contributed by atoms with E-state index in [-0.39, 0.29) is 5.91 Å². The Balaban J connectivity index is 2.76. The van der Waals surface area contributed by atoms with Crippen molar-refractivity contribution in [2.45, 2.75) is 38.9 Å². The quantitative estimate of drug-likeness (QED) is 0.346. The van der Waals surface area contributed by atoms with Crippen LogP contribution in [0.2, 0.25) is 0 Å². The Labute approximate surface area is 110 Å². The van der Waals surface area contributed by atoms with Gasteiger partial charge in [-0.15, -0.1) is 11.3 Å². The van der Waals surface area contributed by atoms with E-state index in [9.17, 15) is 4.79 Å². The highest BCUT2D eigenvalue weighted by atomic mass is 32.2. The second-order valence-corrected chi connectivity index (χ2v) is 5.85. The topological polar surface area (TPSA) is 68.0 Å². The van der Waals surface area contributed by atoms with Crippen molar-refractivity contribution in [3.05, 3.63) is 15.6 Å². The molecule has 1 aromatic rings. The highest BCUT2D eigenvalue weighted by molar-refractivity contribution is 7.98. The first kappa shape index (κ1) is 14.5. The fourth-order valence-corrected chi connectivity index (χ4v) is 3.38. The first-order valence-electron chi connectivity index (χ1n) is 5.80. The molecule has 3 N–H and O–H groups in total. The van der Waals surface area contributed by atoms with Crippen LogP contribution in [-0.2, 0) is 12.2 Å². The van der Waals surface area contributed by atoms with E-state index in [0.717, 1.165) is 41.5 Å². The van der Waals surface area contributed by atoms with Crippen LogP contribution in [0.4, 0.5) is 0 Å². The summed E-state index contributed by atoms with van der Waals surface area (Å²) in [6.45, 7) is 4.24. The molecule has 0 saturated carbocycles. The average molecular weight is 273 g/mol. The number of rotatable bonds is 7. The lowest BCUT2D eigenvalue weighted by atomic mass is 10.2. The van der Waals surface area contributed by atoms with Gasteiger partial charge in [0.1, 0.15) is 9.88 Å². The van der Waals surface area contributed by atoms with Crippen molar-refractivity contribution >= 4 is 29.0 Å². The van der Waals surface area contributed by atoms with Crippen molar-refractivity contribution in [2.75, 3.05) is 5.75 Å². The number of nitrogens with one attached hydrogen (secondary N) is 1. The van der Waals surface area contributed by atoms with Gasteiger partial charge in [0.15, 0.2) is 0 Å². The van der Waals surface area contributed by atoms with Gasteiger partial charge in [0.25, 0.3) is 5.91 Å². The van der Waals surface area contributed by atoms with E-state index in [0.29, 0.717) is 4.88 Å². The largest absolute Gasteiger partial charge is 0.289 e. The maximum atomic E-state index is 11.6. The van der Waals surface area contributed by atoms with Gasteiger partial charge >= 0.3 is 0 Å². The highest BCUT2D eigenvalue weighted by Crippen LogP contribution is 2.23. The van der Waals surface area contributed by atoms with Crippen LogP contribution >= 0.6 is 23.1 Å². The summed E-state index contributed by atoms with van der Waals surface area (Å²) in [5.41, 5.74) is 3.07. The van der Waals surface area contributed by atoms with E-state index < -0.39 is 0 Å². The number of hydrogen-bond donors (Lipinski definition) is 2. The van der Waals surface area contributed by atoms with E-state index in [1.807, 2.05) is 11.8 Å². The molecule has 0 unspecified atom stereocenters. The van der Waals surface area contributed by atoms with Crippen molar-refractivity contribution < 1.29 is 4.79 Å². The van der Waals surface area contributed by atoms with Gasteiger partial charge in [0.2, 0.25) is 0 Å². The molecule has 1 heterocycles. The summed E-state index contributed by atoms with van der Waals surface area (Å²) in [6, 6.07) is 0. The van der Waals surface area contributed by atoms with Gasteiger partial charge in [-0.3, -0.25) is 10.2 Å². The Morgan fingerprint density at radius 2 is 2.24 bits per heavy atom. The monoisotopic (exact) mass is 273 g/mol. The van der Waals surface area contributed by atoms with E-state index in [2.05, 4.69) is 24.3 Å². The molecule has 0 aliphatic rings. The Morgan fingerprint density at radius 3 is 2.82 bits per heavy atom. The van der Waals surface area contributed by atoms with Crippen molar-refractivity contribution in [1.82, 2.24) is 10.4 Å². The zero-order valence-electron chi connectivity index (χ0n) is 10.3. The van der Waals surface area contributed by atoms with Crippen LogP contribution in [0.1, 0.15) is 47.1 Å². The predicted molar refractivity (Wildman–Crippen MR) is 74.2 cm³/mol. The fraction of sp³-hybridized carbons (Fsp3) is 0.636. The number of aromatic nitrogens is 1. The molecule has 4 nitrogen and oxygen atoms in total. The summed E-state index contributed by atoms with van der Waals surface area (Å²) in [6.07, 6.45) is 2.97. The van der Waals surface area contributed by atoms with E-state index in [4.69, 9.17) is 5.84 Å².